The number of rotatable bonds is 5. The van der Waals surface area contributed by atoms with Gasteiger partial charge in [0.25, 0.3) is 5.91 Å². The molecule has 2 atom stereocenters. The summed E-state index contributed by atoms with van der Waals surface area (Å²) in [5.74, 6) is 1.24. The third-order valence-corrected chi connectivity index (χ3v) is 5.52. The maximum Gasteiger partial charge on any atom is 0.328 e. The van der Waals surface area contributed by atoms with E-state index >= 15 is 0 Å². The summed E-state index contributed by atoms with van der Waals surface area (Å²) in [5, 5.41) is 0. The highest BCUT2D eigenvalue weighted by molar-refractivity contribution is 6.08. The van der Waals surface area contributed by atoms with Crippen LogP contribution < -0.4 is 9.64 Å². The van der Waals surface area contributed by atoms with Crippen molar-refractivity contribution in [2.45, 2.75) is 19.1 Å². The second-order valence-corrected chi connectivity index (χ2v) is 7.18. The predicted octanol–water partition coefficient (Wildman–Crippen LogP) is 0.730. The molecule has 0 radical (unpaired) electrons. The zero-order valence-corrected chi connectivity index (χ0v) is 16.6. The smallest absolute Gasteiger partial charge is 0.328 e. The van der Waals surface area contributed by atoms with Crippen molar-refractivity contribution in [1.29, 1.82) is 0 Å². The zero-order chi connectivity index (χ0) is 20.0. The first-order valence-corrected chi connectivity index (χ1v) is 9.31. The summed E-state index contributed by atoms with van der Waals surface area (Å²) in [6.45, 7) is 3.92. The number of aryl methyl sites for hydroxylation is 1. The van der Waals surface area contributed by atoms with Gasteiger partial charge in [-0.1, -0.05) is 6.07 Å². The first-order valence-electron chi connectivity index (χ1n) is 9.31. The van der Waals surface area contributed by atoms with Gasteiger partial charge in [0.1, 0.15) is 5.75 Å². The van der Waals surface area contributed by atoms with Crippen molar-refractivity contribution in [2.24, 2.45) is 4.99 Å². The molecule has 4 rings (SSSR count). The van der Waals surface area contributed by atoms with E-state index in [-0.39, 0.29) is 18.5 Å². The third kappa shape index (κ3) is 2.69. The lowest BCUT2D eigenvalue weighted by Crippen LogP contribution is -2.65. The van der Waals surface area contributed by atoms with Crippen molar-refractivity contribution in [3.8, 4) is 5.75 Å². The zero-order valence-electron chi connectivity index (χ0n) is 16.6. The van der Waals surface area contributed by atoms with Crippen molar-refractivity contribution in [3.05, 3.63) is 23.8 Å². The number of carbonyl (C=O) groups is 2. The molecule has 3 amide bonds. The molecular formula is C19H25N5O4. The van der Waals surface area contributed by atoms with Gasteiger partial charge >= 0.3 is 6.03 Å². The summed E-state index contributed by atoms with van der Waals surface area (Å²) in [5.41, 5.74) is 2.03. The molecule has 28 heavy (non-hydrogen) atoms. The normalized spacial score (nSPS) is 23.9. The Balaban J connectivity index is 1.67. The number of anilines is 1. The molecule has 0 aromatic heterocycles. The molecule has 2 unspecified atom stereocenters. The third-order valence-electron chi connectivity index (χ3n) is 5.52. The van der Waals surface area contributed by atoms with Crippen LogP contribution in [0.3, 0.4) is 0 Å². The number of urea groups is 1. The van der Waals surface area contributed by atoms with Crippen LogP contribution in [0.2, 0.25) is 0 Å². The van der Waals surface area contributed by atoms with Crippen LogP contribution in [-0.2, 0) is 9.53 Å². The molecule has 0 N–H and O–H groups in total. The number of nitrogens with zero attached hydrogens (tertiary/aromatic N) is 5. The standard InChI is InChI=1S/C19H25N5O4/c1-12-5-6-14(28-4)13(11-12)22-7-8-23-15-16(20-18(22)23)21(2)19(26)24(17(15)25)9-10-27-3/h5-6,11,15-16H,7-10H2,1-4H3. The van der Waals surface area contributed by atoms with E-state index in [1.54, 1.807) is 26.2 Å². The van der Waals surface area contributed by atoms with Gasteiger partial charge in [0.15, 0.2) is 12.2 Å². The Labute approximate surface area is 164 Å². The Morgan fingerprint density at radius 1 is 1.21 bits per heavy atom. The van der Waals surface area contributed by atoms with Gasteiger partial charge in [0.05, 0.1) is 25.9 Å². The molecule has 1 aromatic rings. The quantitative estimate of drug-likeness (QED) is 0.741. The Morgan fingerprint density at radius 2 is 2.00 bits per heavy atom. The summed E-state index contributed by atoms with van der Waals surface area (Å²) in [6, 6.07) is 5.14. The van der Waals surface area contributed by atoms with Crippen molar-refractivity contribution < 1.29 is 19.1 Å². The molecule has 0 saturated carbocycles. The van der Waals surface area contributed by atoms with Crippen LogP contribution in [0.4, 0.5) is 10.5 Å². The highest BCUT2D eigenvalue weighted by Crippen LogP contribution is 2.37. The number of hydrogen-bond donors (Lipinski definition) is 0. The fourth-order valence-corrected chi connectivity index (χ4v) is 4.06. The van der Waals surface area contributed by atoms with Gasteiger partial charge in [-0.2, -0.15) is 0 Å². The largest absolute Gasteiger partial charge is 0.495 e. The van der Waals surface area contributed by atoms with Crippen molar-refractivity contribution in [3.63, 3.8) is 0 Å². The number of likely N-dealkylation sites (N-methyl/N-ethyl adjacent to an activating group) is 1. The summed E-state index contributed by atoms with van der Waals surface area (Å²) in [7, 11) is 4.88. The first kappa shape index (κ1) is 18.5. The van der Waals surface area contributed by atoms with E-state index in [2.05, 4.69) is 11.0 Å². The van der Waals surface area contributed by atoms with E-state index in [1.165, 1.54) is 4.90 Å². The van der Waals surface area contributed by atoms with Gasteiger partial charge in [-0.15, -0.1) is 0 Å². The van der Waals surface area contributed by atoms with E-state index in [0.717, 1.165) is 17.0 Å². The summed E-state index contributed by atoms with van der Waals surface area (Å²) >= 11 is 0. The van der Waals surface area contributed by atoms with E-state index in [9.17, 15) is 9.59 Å². The predicted molar refractivity (Wildman–Crippen MR) is 104 cm³/mol. The number of fused-ring (bicyclic) bond motifs is 3. The maximum atomic E-state index is 13.1. The van der Waals surface area contributed by atoms with Crippen molar-refractivity contribution >= 4 is 23.6 Å². The second kappa shape index (κ2) is 6.97. The van der Waals surface area contributed by atoms with Crippen LogP contribution in [0, 0.1) is 6.92 Å². The minimum absolute atomic E-state index is 0.220. The molecule has 1 aromatic carbocycles. The highest BCUT2D eigenvalue weighted by atomic mass is 16.5. The van der Waals surface area contributed by atoms with Gasteiger partial charge in [0, 0.05) is 27.2 Å². The minimum Gasteiger partial charge on any atom is -0.495 e. The number of methoxy groups -OCH3 is 2. The van der Waals surface area contributed by atoms with Crippen molar-refractivity contribution in [1.82, 2.24) is 14.7 Å². The Bertz CT molecular complexity index is 842. The molecule has 2 fully saturated rings. The fraction of sp³-hybridized carbons (Fsp3) is 0.526. The Hall–Kier alpha value is -2.81. The number of imide groups is 1. The van der Waals surface area contributed by atoms with Crippen LogP contribution in [0.1, 0.15) is 5.56 Å². The number of guanidine groups is 1. The number of hydrogen-bond acceptors (Lipinski definition) is 7. The van der Waals surface area contributed by atoms with Crippen LogP contribution in [0.25, 0.3) is 0 Å². The second-order valence-electron chi connectivity index (χ2n) is 7.18. The van der Waals surface area contributed by atoms with Crippen molar-refractivity contribution in [2.75, 3.05) is 52.4 Å². The van der Waals surface area contributed by atoms with Gasteiger partial charge in [-0.3, -0.25) is 9.69 Å². The molecule has 3 aliphatic rings. The van der Waals surface area contributed by atoms with Crippen LogP contribution in [-0.4, -0.2) is 92.3 Å². The minimum atomic E-state index is -0.521. The molecule has 0 aliphatic carbocycles. The molecule has 0 bridgehead atoms. The lowest BCUT2D eigenvalue weighted by molar-refractivity contribution is -0.137. The highest BCUT2D eigenvalue weighted by Gasteiger charge is 2.54. The lowest BCUT2D eigenvalue weighted by atomic mass is 10.1. The van der Waals surface area contributed by atoms with Crippen LogP contribution in [0.15, 0.2) is 23.2 Å². The van der Waals surface area contributed by atoms with Crippen LogP contribution >= 0.6 is 0 Å². The van der Waals surface area contributed by atoms with Gasteiger partial charge < -0.3 is 24.2 Å². The maximum absolute atomic E-state index is 13.1. The summed E-state index contributed by atoms with van der Waals surface area (Å²) in [4.78, 5) is 37.4. The van der Waals surface area contributed by atoms with Gasteiger partial charge in [-0.05, 0) is 24.6 Å². The van der Waals surface area contributed by atoms with Gasteiger partial charge in [-0.25, -0.2) is 9.79 Å². The number of ether oxygens (including phenoxy) is 2. The van der Waals surface area contributed by atoms with E-state index in [0.29, 0.717) is 25.7 Å². The molecule has 150 valence electrons. The topological polar surface area (TPSA) is 77.9 Å². The van der Waals surface area contributed by atoms with E-state index in [1.807, 2.05) is 24.0 Å². The van der Waals surface area contributed by atoms with Crippen LogP contribution in [0.5, 0.6) is 5.75 Å². The fourth-order valence-electron chi connectivity index (χ4n) is 4.06. The molecule has 2 saturated heterocycles. The monoisotopic (exact) mass is 387 g/mol. The average Bonchev–Trinajstić information content (AvgIpc) is 3.25. The molecule has 0 spiro atoms. The average molecular weight is 387 g/mol. The SMILES string of the molecule is COCCN1C(=O)C2C(N=C3N(c4cc(C)ccc4OC)CCN32)N(C)C1=O. The number of amides is 3. The number of benzene rings is 1. The molecular weight excluding hydrogens is 362 g/mol. The summed E-state index contributed by atoms with van der Waals surface area (Å²) < 4.78 is 10.6. The molecule has 9 nitrogen and oxygen atoms in total. The lowest BCUT2D eigenvalue weighted by Gasteiger charge is -2.40. The number of aliphatic imine (C=N–C) groups is 1. The first-order chi connectivity index (χ1) is 13.5. The van der Waals surface area contributed by atoms with Gasteiger partial charge in [0.2, 0.25) is 5.96 Å². The van der Waals surface area contributed by atoms with E-state index < -0.39 is 12.2 Å². The molecule has 9 heteroatoms. The molecule has 3 aliphatic heterocycles. The van der Waals surface area contributed by atoms with E-state index in [4.69, 9.17) is 14.5 Å². The summed E-state index contributed by atoms with van der Waals surface area (Å²) in [6.07, 6.45) is -0.521. The molecule has 3 heterocycles. The Morgan fingerprint density at radius 3 is 2.71 bits per heavy atom. The Kier molecular flexibility index (Phi) is 4.62. The number of carbonyl (C=O) groups excluding carboxylic acids is 2.